The molecule has 1 aromatic carbocycles. The maximum Gasteiger partial charge on any atom is 0.257 e. The van der Waals surface area contributed by atoms with Gasteiger partial charge in [0, 0.05) is 12.4 Å². The zero-order valence-corrected chi connectivity index (χ0v) is 9.54. The molecule has 0 unspecified atom stereocenters. The van der Waals surface area contributed by atoms with E-state index in [9.17, 15) is 4.79 Å². The molecule has 3 nitrogen and oxygen atoms in total. The Bertz CT molecular complexity index is 512. The van der Waals surface area contributed by atoms with Crippen LogP contribution in [0.25, 0.3) is 0 Å². The monoisotopic (exact) mass is 226 g/mol. The number of carbonyl (C=O) groups excluding carboxylic acids is 1. The zero-order chi connectivity index (χ0) is 11.7. The van der Waals surface area contributed by atoms with Gasteiger partial charge in [0.15, 0.2) is 0 Å². The van der Waals surface area contributed by atoms with E-state index in [-0.39, 0.29) is 11.3 Å². The molecule has 2 aromatic rings. The van der Waals surface area contributed by atoms with Crippen molar-refractivity contribution in [2.24, 2.45) is 0 Å². The maximum atomic E-state index is 12.5. The smallest absolute Gasteiger partial charge is 0.257 e. The minimum atomic E-state index is -0.340. The summed E-state index contributed by atoms with van der Waals surface area (Å²) in [6, 6.07) is 11.8. The average molecular weight is 226 g/mol. The molecule has 0 saturated heterocycles. The normalized spacial score (nSPS) is 17.4. The summed E-state index contributed by atoms with van der Waals surface area (Å²) in [6.07, 6.45) is 6.34. The van der Waals surface area contributed by atoms with E-state index in [0.29, 0.717) is 0 Å². The van der Waals surface area contributed by atoms with Crippen molar-refractivity contribution in [1.82, 2.24) is 9.78 Å². The van der Waals surface area contributed by atoms with E-state index in [4.69, 9.17) is 0 Å². The van der Waals surface area contributed by atoms with Gasteiger partial charge in [-0.3, -0.25) is 4.79 Å². The molecule has 3 heteroatoms. The van der Waals surface area contributed by atoms with Crippen LogP contribution < -0.4 is 0 Å². The molecule has 1 heterocycles. The van der Waals surface area contributed by atoms with Crippen molar-refractivity contribution < 1.29 is 4.79 Å². The molecule has 1 fully saturated rings. The SMILES string of the molecule is O=C(n1cccn1)C1(c2ccccc2)CCC1. The lowest BCUT2D eigenvalue weighted by molar-refractivity contribution is 0.0676. The van der Waals surface area contributed by atoms with Crippen LogP contribution in [-0.2, 0) is 5.41 Å². The van der Waals surface area contributed by atoms with Crippen LogP contribution in [0.1, 0.15) is 29.6 Å². The van der Waals surface area contributed by atoms with E-state index in [1.807, 2.05) is 30.3 Å². The third-order valence-electron chi connectivity index (χ3n) is 3.66. The van der Waals surface area contributed by atoms with Gasteiger partial charge in [-0.15, -0.1) is 0 Å². The largest absolute Gasteiger partial charge is 0.272 e. The molecule has 86 valence electrons. The number of hydrogen-bond donors (Lipinski definition) is 0. The van der Waals surface area contributed by atoms with E-state index < -0.39 is 0 Å². The van der Waals surface area contributed by atoms with Crippen molar-refractivity contribution in [3.63, 3.8) is 0 Å². The van der Waals surface area contributed by atoms with Crippen LogP contribution in [0, 0.1) is 0 Å². The van der Waals surface area contributed by atoms with Crippen molar-refractivity contribution in [1.29, 1.82) is 0 Å². The second-order valence-corrected chi connectivity index (χ2v) is 4.56. The molecule has 0 aliphatic heterocycles. The molecule has 0 bridgehead atoms. The molecular weight excluding hydrogens is 212 g/mol. The van der Waals surface area contributed by atoms with Crippen molar-refractivity contribution in [3.8, 4) is 0 Å². The summed E-state index contributed by atoms with van der Waals surface area (Å²) in [5.74, 6) is 0.0972. The standard InChI is InChI=1S/C14H14N2O/c17-13(16-11-5-10-15-16)14(8-4-9-14)12-6-2-1-3-7-12/h1-3,5-7,10-11H,4,8-9H2. The number of hydrogen-bond acceptors (Lipinski definition) is 2. The van der Waals surface area contributed by atoms with Crippen molar-refractivity contribution in [3.05, 3.63) is 54.4 Å². The van der Waals surface area contributed by atoms with Crippen LogP contribution in [0.4, 0.5) is 0 Å². The first-order valence-electron chi connectivity index (χ1n) is 5.93. The number of nitrogens with zero attached hydrogens (tertiary/aromatic N) is 2. The summed E-state index contributed by atoms with van der Waals surface area (Å²) in [6.45, 7) is 0. The highest BCUT2D eigenvalue weighted by atomic mass is 16.2. The highest BCUT2D eigenvalue weighted by Crippen LogP contribution is 2.44. The first-order chi connectivity index (χ1) is 8.33. The fourth-order valence-corrected chi connectivity index (χ4v) is 2.52. The van der Waals surface area contributed by atoms with Crippen LogP contribution >= 0.6 is 0 Å². The first kappa shape index (κ1) is 10.3. The molecule has 17 heavy (non-hydrogen) atoms. The minimum absolute atomic E-state index is 0.0972. The van der Waals surface area contributed by atoms with Crippen molar-refractivity contribution in [2.45, 2.75) is 24.7 Å². The number of aromatic nitrogens is 2. The molecule has 0 spiro atoms. The first-order valence-corrected chi connectivity index (χ1v) is 5.93. The van der Waals surface area contributed by atoms with E-state index in [1.165, 1.54) is 4.68 Å². The zero-order valence-electron chi connectivity index (χ0n) is 9.54. The highest BCUT2D eigenvalue weighted by molar-refractivity contribution is 5.90. The summed E-state index contributed by atoms with van der Waals surface area (Å²) in [5, 5.41) is 4.06. The second-order valence-electron chi connectivity index (χ2n) is 4.56. The molecule has 0 atom stereocenters. The highest BCUT2D eigenvalue weighted by Gasteiger charge is 2.46. The van der Waals surface area contributed by atoms with E-state index in [2.05, 4.69) is 5.10 Å². The lowest BCUT2D eigenvalue weighted by Crippen LogP contribution is -2.45. The summed E-state index contributed by atoms with van der Waals surface area (Å²) in [7, 11) is 0. The van der Waals surface area contributed by atoms with E-state index in [0.717, 1.165) is 24.8 Å². The fourth-order valence-electron chi connectivity index (χ4n) is 2.52. The van der Waals surface area contributed by atoms with Gasteiger partial charge in [-0.1, -0.05) is 36.8 Å². The van der Waals surface area contributed by atoms with Gasteiger partial charge in [-0.05, 0) is 24.5 Å². The van der Waals surface area contributed by atoms with Crippen LogP contribution in [0.5, 0.6) is 0 Å². The van der Waals surface area contributed by atoms with Crippen LogP contribution in [0.3, 0.4) is 0 Å². The van der Waals surface area contributed by atoms with Gasteiger partial charge in [0.1, 0.15) is 0 Å². The van der Waals surface area contributed by atoms with Gasteiger partial charge < -0.3 is 0 Å². The van der Waals surface area contributed by atoms with Crippen molar-refractivity contribution >= 4 is 5.91 Å². The van der Waals surface area contributed by atoms with E-state index >= 15 is 0 Å². The Balaban J connectivity index is 2.01. The van der Waals surface area contributed by atoms with Gasteiger partial charge in [0.2, 0.25) is 0 Å². The quantitative estimate of drug-likeness (QED) is 0.789. The predicted octanol–water partition coefficient (Wildman–Crippen LogP) is 2.65. The Hall–Kier alpha value is -1.90. The lowest BCUT2D eigenvalue weighted by atomic mass is 9.64. The molecule has 1 aliphatic carbocycles. The van der Waals surface area contributed by atoms with E-state index in [1.54, 1.807) is 18.5 Å². The Labute approximate surface area is 100 Å². The average Bonchev–Trinajstić information content (AvgIpc) is 2.82. The summed E-state index contributed by atoms with van der Waals surface area (Å²) < 4.78 is 1.46. The summed E-state index contributed by atoms with van der Waals surface area (Å²) in [4.78, 5) is 12.5. The molecule has 1 saturated carbocycles. The summed E-state index contributed by atoms with van der Waals surface area (Å²) >= 11 is 0. The van der Waals surface area contributed by atoms with Gasteiger partial charge in [0.25, 0.3) is 5.91 Å². The Kier molecular flexibility index (Phi) is 2.32. The third kappa shape index (κ3) is 1.50. The number of benzene rings is 1. The van der Waals surface area contributed by atoms with Crippen molar-refractivity contribution in [2.75, 3.05) is 0 Å². The Morgan fingerprint density at radius 3 is 2.47 bits per heavy atom. The third-order valence-corrected chi connectivity index (χ3v) is 3.66. The Morgan fingerprint density at radius 1 is 1.18 bits per heavy atom. The van der Waals surface area contributed by atoms with Gasteiger partial charge in [-0.25, -0.2) is 4.68 Å². The fraction of sp³-hybridized carbons (Fsp3) is 0.286. The molecule has 3 rings (SSSR count). The van der Waals surface area contributed by atoms with Gasteiger partial charge in [0.05, 0.1) is 5.41 Å². The number of rotatable bonds is 2. The molecule has 0 N–H and O–H groups in total. The topological polar surface area (TPSA) is 34.9 Å². The molecule has 0 amide bonds. The Morgan fingerprint density at radius 2 is 1.94 bits per heavy atom. The second kappa shape index (κ2) is 3.84. The molecular formula is C14H14N2O. The van der Waals surface area contributed by atoms with Gasteiger partial charge in [-0.2, -0.15) is 5.10 Å². The minimum Gasteiger partial charge on any atom is -0.272 e. The molecule has 0 radical (unpaired) electrons. The number of carbonyl (C=O) groups is 1. The summed E-state index contributed by atoms with van der Waals surface area (Å²) in [5.41, 5.74) is 0.777. The molecule has 1 aliphatic rings. The maximum absolute atomic E-state index is 12.5. The van der Waals surface area contributed by atoms with Gasteiger partial charge >= 0.3 is 0 Å². The van der Waals surface area contributed by atoms with Crippen LogP contribution in [-0.4, -0.2) is 15.7 Å². The van der Waals surface area contributed by atoms with Crippen LogP contribution in [0.2, 0.25) is 0 Å². The lowest BCUT2D eigenvalue weighted by Gasteiger charge is -2.40. The molecule has 1 aromatic heterocycles. The predicted molar refractivity (Wildman–Crippen MR) is 64.8 cm³/mol. The van der Waals surface area contributed by atoms with Crippen LogP contribution in [0.15, 0.2) is 48.8 Å².